The van der Waals surface area contributed by atoms with Crippen LogP contribution in [0.4, 0.5) is 0 Å². The van der Waals surface area contributed by atoms with E-state index in [1.54, 1.807) is 5.01 Å². The van der Waals surface area contributed by atoms with E-state index in [-0.39, 0.29) is 11.9 Å². The van der Waals surface area contributed by atoms with E-state index in [9.17, 15) is 4.79 Å². The Morgan fingerprint density at radius 2 is 2.36 bits per heavy atom. The lowest BCUT2D eigenvalue weighted by Gasteiger charge is -2.12. The first-order valence-electron chi connectivity index (χ1n) is 5.06. The molecule has 14 heavy (non-hydrogen) atoms. The van der Waals surface area contributed by atoms with Crippen molar-refractivity contribution < 1.29 is 9.53 Å². The molecule has 0 aromatic rings. The van der Waals surface area contributed by atoms with Gasteiger partial charge in [-0.3, -0.25) is 4.79 Å². The molecule has 0 spiro atoms. The fraction of sp³-hybridized carbons (Fsp3) is 0.800. The molecule has 1 atom stereocenters. The van der Waals surface area contributed by atoms with Crippen molar-refractivity contribution >= 4 is 11.7 Å². The van der Waals surface area contributed by atoms with Crippen LogP contribution < -0.4 is 0 Å². The zero-order valence-corrected chi connectivity index (χ0v) is 9.12. The fourth-order valence-electron chi connectivity index (χ4n) is 1.70. The molecule has 0 saturated heterocycles. The molecule has 80 valence electrons. The number of ether oxygens (including phenoxy) is 1. The zero-order valence-electron chi connectivity index (χ0n) is 9.12. The van der Waals surface area contributed by atoms with Crippen molar-refractivity contribution in [2.45, 2.75) is 26.2 Å². The van der Waals surface area contributed by atoms with Gasteiger partial charge in [-0.1, -0.05) is 0 Å². The van der Waals surface area contributed by atoms with Crippen LogP contribution in [0.3, 0.4) is 0 Å². The summed E-state index contributed by atoms with van der Waals surface area (Å²) in [5, 5.41) is 6.05. The van der Waals surface area contributed by atoms with Crippen LogP contribution in [-0.4, -0.2) is 37.4 Å². The van der Waals surface area contributed by atoms with E-state index in [1.165, 1.54) is 0 Å². The van der Waals surface area contributed by atoms with Gasteiger partial charge in [0.25, 0.3) is 0 Å². The normalized spacial score (nSPS) is 23.9. The minimum absolute atomic E-state index is 0.0997. The number of hydrogen-bond acceptors (Lipinski definition) is 4. The first kappa shape index (κ1) is 11.0. The molecule has 0 aromatic carbocycles. The summed E-state index contributed by atoms with van der Waals surface area (Å²) < 4.78 is 5.00. The van der Waals surface area contributed by atoms with Crippen LogP contribution in [0.25, 0.3) is 0 Å². The molecule has 1 fully saturated rings. The highest BCUT2D eigenvalue weighted by Gasteiger charge is 2.30. The minimum atomic E-state index is -0.120. The van der Waals surface area contributed by atoms with Gasteiger partial charge in [-0.05, 0) is 26.2 Å². The molecule has 4 heteroatoms. The highest BCUT2D eigenvalue weighted by Crippen LogP contribution is 2.24. The van der Waals surface area contributed by atoms with Crippen molar-refractivity contribution in [2.75, 3.05) is 20.7 Å². The van der Waals surface area contributed by atoms with Crippen LogP contribution >= 0.6 is 0 Å². The van der Waals surface area contributed by atoms with Gasteiger partial charge in [-0.15, -0.1) is 0 Å². The number of carbonyl (C=O) groups excluding carboxylic acids is 1. The van der Waals surface area contributed by atoms with E-state index in [0.29, 0.717) is 6.61 Å². The summed E-state index contributed by atoms with van der Waals surface area (Å²) in [5.41, 5.74) is 0.966. The summed E-state index contributed by atoms with van der Waals surface area (Å²) in [6, 6.07) is 0. The molecule has 1 aliphatic carbocycles. The predicted molar refractivity (Wildman–Crippen MR) is 55.1 cm³/mol. The van der Waals surface area contributed by atoms with E-state index in [0.717, 1.165) is 25.0 Å². The standard InChI is InChI=1S/C10H18N2O2/c1-4-14-10(13)8-6-5-7-9(8)11-12(2)3/h8H,4-7H2,1-3H3/b11-9+. The Morgan fingerprint density at radius 1 is 1.64 bits per heavy atom. The number of carbonyl (C=O) groups is 1. The molecule has 1 unspecified atom stereocenters. The lowest BCUT2D eigenvalue weighted by atomic mass is 10.1. The van der Waals surface area contributed by atoms with Crippen molar-refractivity contribution in [1.29, 1.82) is 0 Å². The molecule has 1 saturated carbocycles. The molecule has 4 nitrogen and oxygen atoms in total. The Balaban J connectivity index is 2.63. The van der Waals surface area contributed by atoms with Crippen LogP contribution in [0.15, 0.2) is 5.10 Å². The van der Waals surface area contributed by atoms with Gasteiger partial charge in [0.2, 0.25) is 0 Å². The first-order chi connectivity index (χ1) is 6.65. The zero-order chi connectivity index (χ0) is 10.6. The van der Waals surface area contributed by atoms with Gasteiger partial charge in [-0.25, -0.2) is 0 Å². The van der Waals surface area contributed by atoms with Crippen LogP contribution in [0.1, 0.15) is 26.2 Å². The SMILES string of the molecule is CCOC(=O)C1CCC/C1=N\N(C)C. The Labute approximate surface area is 84.9 Å². The maximum atomic E-state index is 11.5. The fourth-order valence-corrected chi connectivity index (χ4v) is 1.70. The van der Waals surface area contributed by atoms with Crippen molar-refractivity contribution in [2.24, 2.45) is 11.0 Å². The topological polar surface area (TPSA) is 41.9 Å². The molecule has 0 bridgehead atoms. The van der Waals surface area contributed by atoms with Crippen molar-refractivity contribution in [3.8, 4) is 0 Å². The van der Waals surface area contributed by atoms with E-state index >= 15 is 0 Å². The molecule has 0 radical (unpaired) electrons. The van der Waals surface area contributed by atoms with Gasteiger partial charge in [0.05, 0.1) is 18.2 Å². The van der Waals surface area contributed by atoms with E-state index in [2.05, 4.69) is 5.10 Å². The molecule has 0 N–H and O–H groups in total. The summed E-state index contributed by atoms with van der Waals surface area (Å²) in [5.74, 6) is -0.219. The van der Waals surface area contributed by atoms with E-state index < -0.39 is 0 Å². The summed E-state index contributed by atoms with van der Waals surface area (Å²) in [6.45, 7) is 2.28. The molecule has 0 aromatic heterocycles. The Morgan fingerprint density at radius 3 is 2.93 bits per heavy atom. The van der Waals surface area contributed by atoms with Gasteiger partial charge < -0.3 is 9.75 Å². The maximum absolute atomic E-state index is 11.5. The lowest BCUT2D eigenvalue weighted by molar-refractivity contribution is -0.145. The van der Waals surface area contributed by atoms with Gasteiger partial charge >= 0.3 is 5.97 Å². The predicted octanol–water partition coefficient (Wildman–Crippen LogP) is 1.27. The summed E-state index contributed by atoms with van der Waals surface area (Å²) >= 11 is 0. The highest BCUT2D eigenvalue weighted by atomic mass is 16.5. The summed E-state index contributed by atoms with van der Waals surface area (Å²) in [7, 11) is 3.74. The quantitative estimate of drug-likeness (QED) is 0.506. The smallest absolute Gasteiger partial charge is 0.314 e. The van der Waals surface area contributed by atoms with Gasteiger partial charge in [-0.2, -0.15) is 5.10 Å². The lowest BCUT2D eigenvalue weighted by Crippen LogP contribution is -2.23. The Bertz CT molecular complexity index is 236. The number of rotatable bonds is 3. The van der Waals surface area contributed by atoms with Crippen LogP contribution in [-0.2, 0) is 9.53 Å². The molecule has 0 heterocycles. The second-order valence-electron chi connectivity index (χ2n) is 3.64. The Hall–Kier alpha value is -1.06. The van der Waals surface area contributed by atoms with Crippen molar-refractivity contribution in [1.82, 2.24) is 5.01 Å². The number of esters is 1. The van der Waals surface area contributed by atoms with Crippen LogP contribution in [0, 0.1) is 5.92 Å². The molecule has 1 aliphatic rings. The molecular weight excluding hydrogens is 180 g/mol. The second kappa shape index (κ2) is 4.98. The molecule has 1 rings (SSSR count). The van der Waals surface area contributed by atoms with Gasteiger partial charge in [0.15, 0.2) is 0 Å². The first-order valence-corrected chi connectivity index (χ1v) is 5.06. The summed E-state index contributed by atoms with van der Waals surface area (Å²) in [4.78, 5) is 11.5. The molecular formula is C10H18N2O2. The second-order valence-corrected chi connectivity index (χ2v) is 3.64. The molecule has 0 amide bonds. The van der Waals surface area contributed by atoms with E-state index in [4.69, 9.17) is 4.74 Å². The van der Waals surface area contributed by atoms with Crippen LogP contribution in [0.5, 0.6) is 0 Å². The van der Waals surface area contributed by atoms with Gasteiger partial charge in [0, 0.05) is 14.1 Å². The van der Waals surface area contributed by atoms with Crippen molar-refractivity contribution in [3.63, 3.8) is 0 Å². The molecule has 0 aliphatic heterocycles. The third kappa shape index (κ3) is 2.72. The number of nitrogens with zero attached hydrogens (tertiary/aromatic N) is 2. The minimum Gasteiger partial charge on any atom is -0.465 e. The average molecular weight is 198 g/mol. The van der Waals surface area contributed by atoms with Crippen molar-refractivity contribution in [3.05, 3.63) is 0 Å². The van der Waals surface area contributed by atoms with Crippen LogP contribution in [0.2, 0.25) is 0 Å². The third-order valence-electron chi connectivity index (χ3n) is 2.23. The number of hydrogen-bond donors (Lipinski definition) is 0. The average Bonchev–Trinajstić information content (AvgIpc) is 2.51. The van der Waals surface area contributed by atoms with Gasteiger partial charge in [0.1, 0.15) is 0 Å². The third-order valence-corrected chi connectivity index (χ3v) is 2.23. The summed E-state index contributed by atoms with van der Waals surface area (Å²) in [6.07, 6.45) is 2.84. The largest absolute Gasteiger partial charge is 0.465 e. The number of hydrazone groups is 1. The maximum Gasteiger partial charge on any atom is 0.314 e. The Kier molecular flexibility index (Phi) is 3.92. The van der Waals surface area contributed by atoms with E-state index in [1.807, 2.05) is 21.0 Å². The highest BCUT2D eigenvalue weighted by molar-refractivity contribution is 6.03. The monoisotopic (exact) mass is 198 g/mol.